The Balaban J connectivity index is 3.88. The van der Waals surface area contributed by atoms with Gasteiger partial charge in [-0.1, -0.05) is 34.1 Å². The van der Waals surface area contributed by atoms with Crippen LogP contribution < -0.4 is 5.32 Å². The van der Waals surface area contributed by atoms with Crippen molar-refractivity contribution in [3.8, 4) is 0 Å². The monoisotopic (exact) mass is 171 g/mol. The molecule has 0 aliphatic carbocycles. The summed E-state index contributed by atoms with van der Waals surface area (Å²) in [6, 6.07) is 0. The predicted octanol–water partition coefficient (Wildman–Crippen LogP) is 2.34. The normalized spacial score (nSPS) is 11.3. The maximum absolute atomic E-state index is 11.5. The largest absolute Gasteiger partial charge is 0.356 e. The van der Waals surface area contributed by atoms with E-state index in [-0.39, 0.29) is 11.3 Å². The lowest BCUT2D eigenvalue weighted by molar-refractivity contribution is -0.129. The number of hydrogen-bond acceptors (Lipinski definition) is 1. The van der Waals surface area contributed by atoms with Crippen molar-refractivity contribution in [2.45, 2.75) is 47.0 Å². The summed E-state index contributed by atoms with van der Waals surface area (Å²) >= 11 is 0. The molecule has 0 saturated heterocycles. The van der Waals surface area contributed by atoms with E-state index in [0.717, 1.165) is 25.8 Å². The molecule has 72 valence electrons. The molecule has 2 heteroatoms. The first-order valence-corrected chi connectivity index (χ1v) is 4.83. The summed E-state index contributed by atoms with van der Waals surface area (Å²) in [5.41, 5.74) is -0.191. The Kier molecular flexibility index (Phi) is 4.95. The van der Waals surface area contributed by atoms with Gasteiger partial charge in [0.05, 0.1) is 0 Å². The molecule has 0 spiro atoms. The highest BCUT2D eigenvalue weighted by Gasteiger charge is 2.25. The molecule has 0 aromatic carbocycles. The first-order chi connectivity index (χ1) is 5.54. The maximum atomic E-state index is 11.5. The second kappa shape index (κ2) is 5.18. The third-order valence-electron chi connectivity index (χ3n) is 2.03. The summed E-state index contributed by atoms with van der Waals surface area (Å²) < 4.78 is 0. The molecule has 0 aliphatic rings. The zero-order valence-electron chi connectivity index (χ0n) is 8.74. The van der Waals surface area contributed by atoms with Gasteiger partial charge in [-0.3, -0.25) is 4.79 Å². The second-order valence-electron chi connectivity index (χ2n) is 3.89. The highest BCUT2D eigenvalue weighted by molar-refractivity contribution is 5.81. The van der Waals surface area contributed by atoms with E-state index in [1.807, 2.05) is 13.8 Å². The Labute approximate surface area is 75.7 Å². The van der Waals surface area contributed by atoms with Crippen molar-refractivity contribution in [1.29, 1.82) is 0 Å². The Bertz CT molecular complexity index is 141. The molecule has 1 amide bonds. The molecule has 0 rings (SSSR count). The Hall–Kier alpha value is -0.530. The average Bonchev–Trinajstić information content (AvgIpc) is 2.00. The Morgan fingerprint density at radius 2 is 1.83 bits per heavy atom. The van der Waals surface area contributed by atoms with Gasteiger partial charge in [-0.25, -0.2) is 0 Å². The van der Waals surface area contributed by atoms with Crippen molar-refractivity contribution in [3.63, 3.8) is 0 Å². The third-order valence-corrected chi connectivity index (χ3v) is 2.03. The molecular formula is C10H21NO. The van der Waals surface area contributed by atoms with Gasteiger partial charge >= 0.3 is 0 Å². The van der Waals surface area contributed by atoms with Crippen LogP contribution >= 0.6 is 0 Å². The van der Waals surface area contributed by atoms with Crippen LogP contribution in [0.15, 0.2) is 0 Å². The van der Waals surface area contributed by atoms with Crippen molar-refractivity contribution in [3.05, 3.63) is 0 Å². The first kappa shape index (κ1) is 11.5. The Morgan fingerprint density at radius 3 is 2.25 bits per heavy atom. The molecule has 0 aromatic heterocycles. The minimum absolute atomic E-state index is 0.186. The van der Waals surface area contributed by atoms with E-state index < -0.39 is 0 Å². The van der Waals surface area contributed by atoms with Crippen molar-refractivity contribution in [1.82, 2.24) is 5.32 Å². The molecule has 1 N–H and O–H groups in total. The lowest BCUT2D eigenvalue weighted by atomic mass is 9.87. The standard InChI is InChI=1S/C10H21NO/c1-5-7-10(3,4)9(12)11-8-6-2/h5-8H2,1-4H3,(H,11,12). The van der Waals surface area contributed by atoms with E-state index in [9.17, 15) is 4.79 Å². The van der Waals surface area contributed by atoms with Gasteiger partial charge in [-0.05, 0) is 12.8 Å². The first-order valence-electron chi connectivity index (χ1n) is 4.83. The van der Waals surface area contributed by atoms with Crippen LogP contribution in [0.1, 0.15) is 47.0 Å². The molecule has 0 radical (unpaired) electrons. The SMILES string of the molecule is CCCNC(=O)C(C)(C)CCC. The average molecular weight is 171 g/mol. The van der Waals surface area contributed by atoms with E-state index in [1.54, 1.807) is 0 Å². The second-order valence-corrected chi connectivity index (χ2v) is 3.89. The lowest BCUT2D eigenvalue weighted by Gasteiger charge is -2.22. The van der Waals surface area contributed by atoms with E-state index in [4.69, 9.17) is 0 Å². The molecule has 0 bridgehead atoms. The highest BCUT2D eigenvalue weighted by Crippen LogP contribution is 2.21. The molecule has 0 fully saturated rings. The van der Waals surface area contributed by atoms with E-state index in [2.05, 4.69) is 19.2 Å². The fourth-order valence-electron chi connectivity index (χ4n) is 1.22. The smallest absolute Gasteiger partial charge is 0.225 e. The number of nitrogens with one attached hydrogen (secondary N) is 1. The highest BCUT2D eigenvalue weighted by atomic mass is 16.2. The van der Waals surface area contributed by atoms with Gasteiger partial charge in [-0.15, -0.1) is 0 Å². The third kappa shape index (κ3) is 3.74. The number of rotatable bonds is 5. The summed E-state index contributed by atoms with van der Waals surface area (Å²) in [7, 11) is 0. The van der Waals surface area contributed by atoms with E-state index >= 15 is 0 Å². The van der Waals surface area contributed by atoms with Gasteiger partial charge in [0.25, 0.3) is 0 Å². The fraction of sp³-hybridized carbons (Fsp3) is 0.900. The number of amides is 1. The van der Waals surface area contributed by atoms with Crippen molar-refractivity contribution < 1.29 is 4.79 Å². The van der Waals surface area contributed by atoms with Gasteiger partial charge in [0, 0.05) is 12.0 Å². The van der Waals surface area contributed by atoms with Crippen molar-refractivity contribution in [2.75, 3.05) is 6.54 Å². The number of hydrogen-bond donors (Lipinski definition) is 1. The van der Waals surface area contributed by atoms with Gasteiger partial charge < -0.3 is 5.32 Å². The number of carbonyl (C=O) groups is 1. The summed E-state index contributed by atoms with van der Waals surface area (Å²) in [6.07, 6.45) is 3.03. The topological polar surface area (TPSA) is 29.1 Å². The van der Waals surface area contributed by atoms with Crippen LogP contribution in [0.2, 0.25) is 0 Å². The summed E-state index contributed by atoms with van der Waals surface area (Å²) in [5, 5.41) is 2.92. The van der Waals surface area contributed by atoms with Gasteiger partial charge in [0.2, 0.25) is 5.91 Å². The van der Waals surface area contributed by atoms with Crippen LogP contribution in [0.4, 0.5) is 0 Å². The molecular weight excluding hydrogens is 150 g/mol. The van der Waals surface area contributed by atoms with E-state index in [0.29, 0.717) is 0 Å². The van der Waals surface area contributed by atoms with Crippen LogP contribution in [0, 0.1) is 5.41 Å². The van der Waals surface area contributed by atoms with Crippen LogP contribution in [-0.2, 0) is 4.79 Å². The summed E-state index contributed by atoms with van der Waals surface area (Å²) in [5.74, 6) is 0.186. The molecule has 2 nitrogen and oxygen atoms in total. The summed E-state index contributed by atoms with van der Waals surface area (Å²) in [4.78, 5) is 11.5. The molecule has 0 heterocycles. The van der Waals surface area contributed by atoms with E-state index in [1.165, 1.54) is 0 Å². The van der Waals surface area contributed by atoms with Crippen LogP contribution in [0.3, 0.4) is 0 Å². The van der Waals surface area contributed by atoms with Crippen LogP contribution in [0.25, 0.3) is 0 Å². The zero-order valence-corrected chi connectivity index (χ0v) is 8.74. The number of carbonyl (C=O) groups excluding carboxylic acids is 1. The minimum Gasteiger partial charge on any atom is -0.356 e. The van der Waals surface area contributed by atoms with Crippen molar-refractivity contribution >= 4 is 5.91 Å². The molecule has 0 saturated carbocycles. The molecule has 0 aromatic rings. The molecule has 12 heavy (non-hydrogen) atoms. The molecule has 0 unspecified atom stereocenters. The predicted molar refractivity (Wildman–Crippen MR) is 52.0 cm³/mol. The summed E-state index contributed by atoms with van der Waals surface area (Å²) in [6.45, 7) is 8.97. The van der Waals surface area contributed by atoms with Gasteiger partial charge in [0.15, 0.2) is 0 Å². The molecule has 0 atom stereocenters. The Morgan fingerprint density at radius 1 is 1.25 bits per heavy atom. The maximum Gasteiger partial charge on any atom is 0.225 e. The van der Waals surface area contributed by atoms with Crippen LogP contribution in [-0.4, -0.2) is 12.5 Å². The quantitative estimate of drug-likeness (QED) is 0.676. The fourth-order valence-corrected chi connectivity index (χ4v) is 1.22. The van der Waals surface area contributed by atoms with Gasteiger partial charge in [0.1, 0.15) is 0 Å². The minimum atomic E-state index is -0.191. The van der Waals surface area contributed by atoms with Crippen molar-refractivity contribution in [2.24, 2.45) is 5.41 Å². The lowest BCUT2D eigenvalue weighted by Crippen LogP contribution is -2.37. The zero-order chi connectivity index (χ0) is 9.61. The molecule has 0 aliphatic heterocycles. The van der Waals surface area contributed by atoms with Gasteiger partial charge in [-0.2, -0.15) is 0 Å². The van der Waals surface area contributed by atoms with Crippen LogP contribution in [0.5, 0.6) is 0 Å².